The molecule has 0 spiro atoms. The highest BCUT2D eigenvalue weighted by Crippen LogP contribution is 2.26. The highest BCUT2D eigenvalue weighted by molar-refractivity contribution is 7.90. The van der Waals surface area contributed by atoms with Crippen molar-refractivity contribution in [3.05, 3.63) is 29.8 Å². The molecule has 0 radical (unpaired) electrons. The van der Waals surface area contributed by atoms with E-state index in [1.165, 1.54) is 0 Å². The van der Waals surface area contributed by atoms with Gasteiger partial charge in [0.05, 0.1) is 5.69 Å². The summed E-state index contributed by atoms with van der Waals surface area (Å²) in [5.74, 6) is 0.304. The van der Waals surface area contributed by atoms with Gasteiger partial charge in [0.1, 0.15) is 0 Å². The summed E-state index contributed by atoms with van der Waals surface area (Å²) in [7, 11) is -3.54. The Kier molecular flexibility index (Phi) is 5.58. The lowest BCUT2D eigenvalue weighted by atomic mass is 9.97. The molecule has 102 valence electrons. The van der Waals surface area contributed by atoms with Gasteiger partial charge in [-0.15, -0.1) is 0 Å². The number of nitrogens with one attached hydrogen (secondary N) is 2. The topological polar surface area (TPSA) is 84.2 Å². The highest BCUT2D eigenvalue weighted by atomic mass is 32.2. The number of hydrogen-bond donors (Lipinski definition) is 3. The van der Waals surface area contributed by atoms with Crippen molar-refractivity contribution in [3.8, 4) is 0 Å². The summed E-state index contributed by atoms with van der Waals surface area (Å²) in [6.07, 6.45) is 0.953. The van der Waals surface area contributed by atoms with E-state index in [2.05, 4.69) is 23.3 Å². The molecule has 0 heterocycles. The van der Waals surface area contributed by atoms with Crippen LogP contribution < -0.4 is 15.2 Å². The molecule has 1 aromatic carbocycles. The van der Waals surface area contributed by atoms with Crippen LogP contribution in [0.1, 0.15) is 31.7 Å². The summed E-state index contributed by atoms with van der Waals surface area (Å²) in [6, 6.07) is 7.43. The number of anilines is 1. The second kappa shape index (κ2) is 6.72. The fourth-order valence-electron chi connectivity index (χ4n) is 1.61. The van der Waals surface area contributed by atoms with Crippen molar-refractivity contribution >= 4 is 15.9 Å². The molecule has 1 aromatic rings. The zero-order valence-electron chi connectivity index (χ0n) is 10.8. The molecule has 0 aliphatic rings. The Hall–Kier alpha value is -1.11. The van der Waals surface area contributed by atoms with Crippen LogP contribution in [0.15, 0.2) is 24.3 Å². The van der Waals surface area contributed by atoms with Gasteiger partial charge in [0, 0.05) is 13.1 Å². The van der Waals surface area contributed by atoms with Crippen molar-refractivity contribution < 1.29 is 8.42 Å². The lowest BCUT2D eigenvalue weighted by Crippen LogP contribution is -2.34. The Morgan fingerprint density at radius 3 is 2.61 bits per heavy atom. The van der Waals surface area contributed by atoms with E-state index in [0.29, 0.717) is 11.6 Å². The molecule has 0 saturated carbocycles. The number of para-hydroxylation sites is 1. The van der Waals surface area contributed by atoms with Crippen molar-refractivity contribution in [2.75, 3.05) is 17.8 Å². The van der Waals surface area contributed by atoms with Crippen LogP contribution in [-0.2, 0) is 10.2 Å². The average molecular weight is 271 g/mol. The molecule has 0 aromatic heterocycles. The fraction of sp³-hybridized carbons (Fsp3) is 0.500. The molecular formula is C12H21N3O2S. The number of nitrogens with two attached hydrogens (primary N) is 1. The van der Waals surface area contributed by atoms with Crippen LogP contribution in [0.5, 0.6) is 0 Å². The van der Waals surface area contributed by atoms with Crippen LogP contribution in [0.2, 0.25) is 0 Å². The standard InChI is InChI=1S/C12H21N3O2S/c1-3-10(2)11-6-4-5-7-12(11)15-18(16,17)14-9-8-13/h4-7,10,14-15H,3,8-9,13H2,1-2H3. The first-order valence-electron chi connectivity index (χ1n) is 6.06. The third-order valence-electron chi connectivity index (χ3n) is 2.78. The van der Waals surface area contributed by atoms with Crippen LogP contribution in [0, 0.1) is 0 Å². The molecule has 0 aliphatic heterocycles. The van der Waals surface area contributed by atoms with Crippen molar-refractivity contribution in [2.45, 2.75) is 26.2 Å². The van der Waals surface area contributed by atoms with Crippen LogP contribution in [-0.4, -0.2) is 21.5 Å². The third-order valence-corrected chi connectivity index (χ3v) is 3.86. The highest BCUT2D eigenvalue weighted by Gasteiger charge is 2.14. The first-order valence-corrected chi connectivity index (χ1v) is 7.55. The fourth-order valence-corrected chi connectivity index (χ4v) is 2.55. The average Bonchev–Trinajstić information content (AvgIpc) is 2.36. The van der Waals surface area contributed by atoms with Crippen LogP contribution in [0.3, 0.4) is 0 Å². The van der Waals surface area contributed by atoms with Gasteiger partial charge in [-0.3, -0.25) is 4.72 Å². The molecule has 0 bridgehead atoms. The summed E-state index contributed by atoms with van der Waals surface area (Å²) >= 11 is 0. The third kappa shape index (κ3) is 4.29. The van der Waals surface area contributed by atoms with Gasteiger partial charge in [-0.25, -0.2) is 0 Å². The van der Waals surface area contributed by atoms with E-state index >= 15 is 0 Å². The maximum atomic E-state index is 11.7. The lowest BCUT2D eigenvalue weighted by Gasteiger charge is -2.16. The second-order valence-corrected chi connectivity index (χ2v) is 5.68. The van der Waals surface area contributed by atoms with Crippen LogP contribution in [0.25, 0.3) is 0 Å². The quantitative estimate of drug-likeness (QED) is 0.701. The Labute approximate surface area is 109 Å². The van der Waals surface area contributed by atoms with Gasteiger partial charge in [-0.2, -0.15) is 13.1 Å². The molecule has 5 nitrogen and oxygen atoms in total. The largest absolute Gasteiger partial charge is 0.329 e. The molecule has 18 heavy (non-hydrogen) atoms. The molecule has 4 N–H and O–H groups in total. The normalized spacial score (nSPS) is 13.3. The van der Waals surface area contributed by atoms with Crippen LogP contribution >= 0.6 is 0 Å². The minimum atomic E-state index is -3.54. The molecule has 1 rings (SSSR count). The van der Waals surface area contributed by atoms with Crippen molar-refractivity contribution in [2.24, 2.45) is 5.73 Å². The summed E-state index contributed by atoms with van der Waals surface area (Å²) < 4.78 is 28.4. The zero-order valence-corrected chi connectivity index (χ0v) is 11.6. The van der Waals surface area contributed by atoms with E-state index in [9.17, 15) is 8.42 Å². The Morgan fingerprint density at radius 1 is 1.33 bits per heavy atom. The maximum absolute atomic E-state index is 11.7. The van der Waals surface area contributed by atoms with E-state index < -0.39 is 10.2 Å². The van der Waals surface area contributed by atoms with Crippen molar-refractivity contribution in [3.63, 3.8) is 0 Å². The van der Waals surface area contributed by atoms with Gasteiger partial charge in [0.15, 0.2) is 0 Å². The molecular weight excluding hydrogens is 250 g/mol. The number of rotatable bonds is 7. The summed E-state index contributed by atoms with van der Waals surface area (Å²) in [5, 5.41) is 0. The Balaban J connectivity index is 2.90. The summed E-state index contributed by atoms with van der Waals surface area (Å²) in [5.41, 5.74) is 6.89. The number of hydrogen-bond acceptors (Lipinski definition) is 3. The minimum Gasteiger partial charge on any atom is -0.329 e. The predicted molar refractivity (Wildman–Crippen MR) is 74.7 cm³/mol. The second-order valence-electron chi connectivity index (χ2n) is 4.19. The van der Waals surface area contributed by atoms with E-state index in [1.807, 2.05) is 18.2 Å². The van der Waals surface area contributed by atoms with Gasteiger partial charge in [-0.05, 0) is 24.0 Å². The van der Waals surface area contributed by atoms with Crippen molar-refractivity contribution in [1.82, 2.24) is 4.72 Å². The lowest BCUT2D eigenvalue weighted by molar-refractivity contribution is 0.587. The van der Waals surface area contributed by atoms with Gasteiger partial charge in [0.2, 0.25) is 0 Å². The zero-order chi connectivity index (χ0) is 13.6. The minimum absolute atomic E-state index is 0.223. The molecule has 1 unspecified atom stereocenters. The van der Waals surface area contributed by atoms with Gasteiger partial charge < -0.3 is 5.73 Å². The molecule has 0 aliphatic carbocycles. The van der Waals surface area contributed by atoms with Gasteiger partial charge in [0.25, 0.3) is 10.2 Å². The van der Waals surface area contributed by atoms with Gasteiger partial charge >= 0.3 is 0 Å². The molecule has 6 heteroatoms. The first-order chi connectivity index (χ1) is 8.50. The summed E-state index contributed by atoms with van der Waals surface area (Å²) in [4.78, 5) is 0. The smallest absolute Gasteiger partial charge is 0.299 e. The summed E-state index contributed by atoms with van der Waals surface area (Å²) in [6.45, 7) is 4.64. The van der Waals surface area contributed by atoms with Crippen LogP contribution in [0.4, 0.5) is 5.69 Å². The Morgan fingerprint density at radius 2 is 2.00 bits per heavy atom. The Bertz CT molecular complexity index is 474. The number of benzene rings is 1. The van der Waals surface area contributed by atoms with E-state index in [-0.39, 0.29) is 13.1 Å². The van der Waals surface area contributed by atoms with E-state index in [1.54, 1.807) is 6.07 Å². The van der Waals surface area contributed by atoms with Crippen molar-refractivity contribution in [1.29, 1.82) is 0 Å². The maximum Gasteiger partial charge on any atom is 0.299 e. The van der Waals surface area contributed by atoms with E-state index in [0.717, 1.165) is 12.0 Å². The van der Waals surface area contributed by atoms with E-state index in [4.69, 9.17) is 5.73 Å². The SMILES string of the molecule is CCC(C)c1ccccc1NS(=O)(=O)NCCN. The van der Waals surface area contributed by atoms with Gasteiger partial charge in [-0.1, -0.05) is 32.0 Å². The molecule has 0 fully saturated rings. The first kappa shape index (κ1) is 14.9. The molecule has 1 atom stereocenters. The predicted octanol–water partition coefficient (Wildman–Crippen LogP) is 1.41. The molecule has 0 amide bonds. The molecule has 0 saturated heterocycles. The monoisotopic (exact) mass is 271 g/mol.